The van der Waals surface area contributed by atoms with Crippen LogP contribution in [0, 0.1) is 9.71 Å². The fourth-order valence-corrected chi connectivity index (χ4v) is 0. The smallest absolute Gasteiger partial charge is 0.112 e. The predicted molar refractivity (Wildman–Crippen MR) is 10.4 cm³/mol. The SMILES string of the molecule is O=[O+]OO. The molecule has 4 heavy (non-hydrogen) atoms. The fraction of sp³-hybridized carbons (Fsp3) is 0. The Balaban J connectivity index is 2.30. The zero-order chi connectivity index (χ0) is 3.41. The highest BCUT2D eigenvalue weighted by Gasteiger charge is 1.72. The lowest BCUT2D eigenvalue weighted by Gasteiger charge is -1.35. The summed E-state index contributed by atoms with van der Waals surface area (Å²) in [5, 5.41) is 9.33. The van der Waals surface area contributed by atoms with Crippen molar-refractivity contribution in [3.63, 3.8) is 0 Å². The van der Waals surface area contributed by atoms with E-state index in [1.807, 2.05) is 0 Å². The first kappa shape index (κ1) is 3.36. The normalized spacial score (nSPS) is 5.25. The highest BCUT2D eigenvalue weighted by Crippen LogP contribution is 1.45. The van der Waals surface area contributed by atoms with E-state index in [0.717, 1.165) is 0 Å². The minimum Gasteiger partial charge on any atom is -0.112 e. The Morgan fingerprint density at radius 1 is 2.00 bits per heavy atom. The fourth-order valence-electron chi connectivity index (χ4n) is 0. The van der Waals surface area contributed by atoms with Crippen LogP contribution in [0.1, 0.15) is 0 Å². The second-order valence-electron chi connectivity index (χ2n) is 0.143. The Morgan fingerprint density at radius 3 is 2.25 bits per heavy atom. The molecule has 0 radical (unpaired) electrons. The average molecular weight is 65.0 g/mol. The summed E-state index contributed by atoms with van der Waals surface area (Å²) < 4.78 is 2.35. The molecule has 0 atom stereocenters. The average Bonchev–Trinajstić information content (AvgIpc) is 1.37. The number of rotatable bonds is 1. The second kappa shape index (κ2) is 2.36. The van der Waals surface area contributed by atoms with E-state index >= 15 is 0 Å². The maximum absolute atomic E-state index is 8.33. The van der Waals surface area contributed by atoms with Gasteiger partial charge in [-0.3, -0.25) is 0 Å². The van der Waals surface area contributed by atoms with Crippen molar-refractivity contribution in [1.82, 2.24) is 0 Å². The van der Waals surface area contributed by atoms with Crippen LogP contribution in [0.3, 0.4) is 0 Å². The molecule has 4 heteroatoms. The minimum atomic E-state index is 2.35. The molecule has 0 aliphatic carbocycles. The first-order valence-corrected chi connectivity index (χ1v) is 0.516. The van der Waals surface area contributed by atoms with Gasteiger partial charge in [-0.1, -0.05) is 0 Å². The van der Waals surface area contributed by atoms with Gasteiger partial charge in [0.15, 0.2) is 0 Å². The third-order valence-corrected chi connectivity index (χ3v) is 0.0304. The van der Waals surface area contributed by atoms with E-state index in [2.05, 4.69) is 9.78 Å². The maximum Gasteiger partial charge on any atom is 0.414 e. The lowest BCUT2D eigenvalue weighted by molar-refractivity contribution is -0.192. The summed E-state index contributed by atoms with van der Waals surface area (Å²) in [5.74, 6) is 0. The number of hydrogen-bond acceptors (Lipinski definition) is 3. The van der Waals surface area contributed by atoms with Gasteiger partial charge in [0.25, 0.3) is 4.96 Å². The third kappa shape index (κ3) is 1.36. The van der Waals surface area contributed by atoms with Crippen LogP contribution in [0.5, 0.6) is 0 Å². The lowest BCUT2D eigenvalue weighted by Crippen LogP contribution is -1.59. The molecule has 0 spiro atoms. The summed E-state index contributed by atoms with van der Waals surface area (Å²) in [6.45, 7) is 0. The third-order valence-electron chi connectivity index (χ3n) is 0.0304. The van der Waals surface area contributed by atoms with Crippen molar-refractivity contribution in [2.75, 3.05) is 0 Å². The Hall–Kier alpha value is -0.640. The van der Waals surface area contributed by atoms with Gasteiger partial charge in [0.1, 0.15) is 5.04 Å². The molecular weight excluding hydrogens is 64.0 g/mol. The molecule has 0 aromatic rings. The molecule has 0 saturated carbocycles. The van der Waals surface area contributed by atoms with Crippen LogP contribution >= 0.6 is 0 Å². The Labute approximate surface area is 21.4 Å². The molecule has 0 aliphatic heterocycles. The lowest BCUT2D eigenvalue weighted by atomic mass is 14.5. The van der Waals surface area contributed by atoms with Crippen LogP contribution < -0.4 is 0 Å². The quantitative estimate of drug-likeness (QED) is 0.266. The molecular formula is HO4+. The minimum absolute atomic E-state index is 2.35. The van der Waals surface area contributed by atoms with Crippen molar-refractivity contribution in [2.45, 2.75) is 0 Å². The Kier molecular flexibility index (Phi) is 1.98. The van der Waals surface area contributed by atoms with E-state index in [0.29, 0.717) is 0 Å². The van der Waals surface area contributed by atoms with Crippen LogP contribution in [-0.2, 0) is 5.04 Å². The van der Waals surface area contributed by atoms with Crippen molar-refractivity contribution < 1.29 is 10.3 Å². The maximum atomic E-state index is 8.33. The van der Waals surface area contributed by atoms with E-state index in [-0.39, 0.29) is 0 Å². The van der Waals surface area contributed by atoms with E-state index < -0.39 is 0 Å². The second-order valence-corrected chi connectivity index (χ2v) is 0.143. The molecule has 0 amide bonds. The van der Waals surface area contributed by atoms with Crippen molar-refractivity contribution in [2.24, 2.45) is 0 Å². The van der Waals surface area contributed by atoms with Crippen LogP contribution in [0.2, 0.25) is 0 Å². The molecule has 0 heterocycles. The zero-order valence-corrected chi connectivity index (χ0v) is 1.67. The van der Waals surface area contributed by atoms with E-state index in [1.165, 1.54) is 0 Å². The summed E-state index contributed by atoms with van der Waals surface area (Å²) in [5.41, 5.74) is 0. The van der Waals surface area contributed by atoms with E-state index in [1.54, 1.807) is 0 Å². The van der Waals surface area contributed by atoms with Gasteiger partial charge in [-0.05, 0) is 0 Å². The van der Waals surface area contributed by atoms with Gasteiger partial charge in [0.05, 0.1) is 0 Å². The molecule has 0 bridgehead atoms. The van der Waals surface area contributed by atoms with Gasteiger partial charge in [0, 0.05) is 0 Å². The van der Waals surface area contributed by atoms with Gasteiger partial charge in [-0.2, -0.15) is 0 Å². The van der Waals surface area contributed by atoms with Gasteiger partial charge < -0.3 is 0 Å². The molecule has 0 saturated heterocycles. The van der Waals surface area contributed by atoms with Crippen molar-refractivity contribution >= 4 is 0 Å². The van der Waals surface area contributed by atoms with Crippen LogP contribution in [0.4, 0.5) is 0 Å². The first-order chi connectivity index (χ1) is 1.91. The molecule has 4 nitrogen and oxygen atoms in total. The monoisotopic (exact) mass is 65.0 g/mol. The Morgan fingerprint density at radius 2 is 2.25 bits per heavy atom. The molecule has 1 N–H and O–H groups in total. The molecule has 0 unspecified atom stereocenters. The van der Waals surface area contributed by atoms with Gasteiger partial charge >= 0.3 is 4.75 Å². The molecule has 0 fully saturated rings. The van der Waals surface area contributed by atoms with Crippen LogP contribution in [0.25, 0.3) is 0 Å². The molecule has 24 valence electrons. The van der Waals surface area contributed by atoms with Crippen molar-refractivity contribution in [3.05, 3.63) is 9.71 Å². The van der Waals surface area contributed by atoms with Crippen molar-refractivity contribution in [1.29, 1.82) is 0 Å². The summed E-state index contributed by atoms with van der Waals surface area (Å²) in [6.07, 6.45) is 0. The highest BCUT2D eigenvalue weighted by molar-refractivity contribution is 4.27. The largest absolute Gasteiger partial charge is 0.414 e. The van der Waals surface area contributed by atoms with Crippen LogP contribution in [0.15, 0.2) is 0 Å². The van der Waals surface area contributed by atoms with Crippen LogP contribution in [-0.4, -0.2) is 5.26 Å². The predicted octanol–water partition coefficient (Wildman–Crippen LogP) is 0.00730. The standard InChI is InChI=1S/O4/c1-3-4-2/p+1. The molecule has 0 aromatic carbocycles. The Bertz CT molecular complexity index is 14.0. The van der Waals surface area contributed by atoms with Gasteiger partial charge in [0.2, 0.25) is 0 Å². The summed E-state index contributed by atoms with van der Waals surface area (Å²) in [6, 6.07) is 0. The first-order valence-electron chi connectivity index (χ1n) is 0.516. The summed E-state index contributed by atoms with van der Waals surface area (Å²) in [4.78, 5) is 8.33. The topological polar surface area (TPSA) is 57.8 Å². The van der Waals surface area contributed by atoms with E-state index in [9.17, 15) is 0 Å². The molecule has 0 aliphatic rings. The number of hydrogen-bond donors (Lipinski definition) is 1. The summed E-state index contributed by atoms with van der Waals surface area (Å²) >= 11 is 0. The molecule has 0 rings (SSSR count). The van der Waals surface area contributed by atoms with E-state index in [4.69, 9.17) is 10.2 Å². The zero-order valence-electron chi connectivity index (χ0n) is 1.67. The van der Waals surface area contributed by atoms with Gasteiger partial charge in [-0.15, -0.1) is 5.26 Å². The summed E-state index contributed by atoms with van der Waals surface area (Å²) in [7, 11) is 0. The molecule has 0 aromatic heterocycles. The van der Waals surface area contributed by atoms with Gasteiger partial charge in [-0.25, -0.2) is 0 Å². The highest BCUT2D eigenvalue weighted by atomic mass is 17.5. The van der Waals surface area contributed by atoms with Crippen molar-refractivity contribution in [3.8, 4) is 0 Å².